The Morgan fingerprint density at radius 3 is 2.51 bits per heavy atom. The number of benzene rings is 2. The highest BCUT2D eigenvalue weighted by atomic mass is 32.2. The molecule has 4 rings (SSSR count). The van der Waals surface area contributed by atoms with Crippen molar-refractivity contribution in [2.24, 2.45) is 11.8 Å². The lowest BCUT2D eigenvalue weighted by atomic mass is 10.0. The Balaban J connectivity index is 1.70. The molecule has 1 amide bonds. The minimum absolute atomic E-state index is 0.0720. The van der Waals surface area contributed by atoms with Crippen LogP contribution in [0.15, 0.2) is 53.4 Å². The van der Waals surface area contributed by atoms with Gasteiger partial charge in [-0.05, 0) is 43.0 Å². The largest absolute Gasteiger partial charge is 0.487 e. The summed E-state index contributed by atoms with van der Waals surface area (Å²) >= 11 is 0. The second kappa shape index (κ2) is 10.5. The summed E-state index contributed by atoms with van der Waals surface area (Å²) in [4.78, 5) is 14.4. The molecule has 2 aromatic rings. The normalized spacial score (nSPS) is 23.1. The number of carbonyl (C=O) groups excluding carboxylic acids is 1. The van der Waals surface area contributed by atoms with Crippen molar-refractivity contribution in [1.29, 1.82) is 0 Å². The lowest BCUT2D eigenvalue weighted by Crippen LogP contribution is -2.50. The molecule has 7 nitrogen and oxygen atoms in total. The van der Waals surface area contributed by atoms with Gasteiger partial charge in [0.1, 0.15) is 16.7 Å². The van der Waals surface area contributed by atoms with Crippen molar-refractivity contribution in [2.75, 3.05) is 26.7 Å². The average molecular weight is 499 g/mol. The van der Waals surface area contributed by atoms with Gasteiger partial charge in [0.2, 0.25) is 15.9 Å². The molecule has 0 aromatic heterocycles. The molecule has 35 heavy (non-hydrogen) atoms. The smallest absolute Gasteiger partial charge is 0.247 e. The van der Waals surface area contributed by atoms with E-state index in [1.165, 1.54) is 4.31 Å². The molecule has 0 bridgehead atoms. The Labute approximate surface area is 208 Å². The Morgan fingerprint density at radius 2 is 1.86 bits per heavy atom. The van der Waals surface area contributed by atoms with E-state index in [4.69, 9.17) is 4.74 Å². The highest BCUT2D eigenvalue weighted by Crippen LogP contribution is 2.35. The van der Waals surface area contributed by atoms with Crippen LogP contribution in [0.1, 0.15) is 37.8 Å². The molecule has 8 heteroatoms. The molecular formula is C27H34N2O5S. The van der Waals surface area contributed by atoms with Crippen LogP contribution in [-0.4, -0.2) is 67.5 Å². The van der Waals surface area contributed by atoms with E-state index in [0.29, 0.717) is 6.54 Å². The van der Waals surface area contributed by atoms with Gasteiger partial charge in [0.15, 0.2) is 0 Å². The van der Waals surface area contributed by atoms with Gasteiger partial charge in [0, 0.05) is 31.5 Å². The summed E-state index contributed by atoms with van der Waals surface area (Å²) in [5.74, 6) is 0.261. The maximum absolute atomic E-state index is 13.6. The first-order chi connectivity index (χ1) is 16.7. The first kappa shape index (κ1) is 25.4. The van der Waals surface area contributed by atoms with Crippen LogP contribution in [0.3, 0.4) is 0 Å². The summed E-state index contributed by atoms with van der Waals surface area (Å²) in [6.45, 7) is 3.89. The fourth-order valence-electron chi connectivity index (χ4n) is 4.32. The van der Waals surface area contributed by atoms with Gasteiger partial charge in [0.05, 0.1) is 13.2 Å². The van der Waals surface area contributed by atoms with Crippen LogP contribution in [0.5, 0.6) is 5.75 Å². The molecule has 1 heterocycles. The monoisotopic (exact) mass is 498 g/mol. The van der Waals surface area contributed by atoms with E-state index in [0.717, 1.165) is 24.0 Å². The van der Waals surface area contributed by atoms with Gasteiger partial charge in [0.25, 0.3) is 0 Å². The van der Waals surface area contributed by atoms with Crippen molar-refractivity contribution in [3.63, 3.8) is 0 Å². The Morgan fingerprint density at radius 1 is 1.17 bits per heavy atom. The lowest BCUT2D eigenvalue weighted by Gasteiger charge is -2.37. The number of aliphatic hydroxyl groups is 1. The lowest BCUT2D eigenvalue weighted by molar-refractivity contribution is -0.132. The summed E-state index contributed by atoms with van der Waals surface area (Å²) in [6.07, 6.45) is 5.31. The summed E-state index contributed by atoms with van der Waals surface area (Å²) in [7, 11) is -2.12. The number of likely N-dealkylation sites (N-methyl/N-ethyl adjacent to an activating group) is 1. The molecule has 0 radical (unpaired) electrons. The standard InChI is InChI=1S/C27H34N2O5S/c1-19-16-29(20(2)18-30)35(32,33)26-14-11-22(10-9-21-7-5-4-6-8-21)15-24(26)34-25(19)17-28(3)27(31)23-12-13-23/h4-11,14-15,19-20,23,25,30H,12-13,16-18H2,1-3H3/b10-9+/t19-,20+,25+/m0/s1. The second-order valence-corrected chi connectivity index (χ2v) is 11.5. The molecule has 1 N–H and O–H groups in total. The number of aliphatic hydroxyl groups excluding tert-OH is 1. The van der Waals surface area contributed by atoms with Crippen molar-refractivity contribution in [1.82, 2.24) is 9.21 Å². The van der Waals surface area contributed by atoms with E-state index in [1.54, 1.807) is 37.1 Å². The molecule has 3 atom stereocenters. The van der Waals surface area contributed by atoms with E-state index < -0.39 is 22.2 Å². The SMILES string of the molecule is C[C@H](CO)N1C[C@H](C)[C@@H](CN(C)C(=O)C2CC2)Oc2cc(/C=C/c3ccccc3)ccc2S1(=O)=O. The zero-order valence-corrected chi connectivity index (χ0v) is 21.3. The van der Waals surface area contributed by atoms with Crippen LogP contribution in [-0.2, 0) is 14.8 Å². The van der Waals surface area contributed by atoms with Gasteiger partial charge >= 0.3 is 0 Å². The first-order valence-electron chi connectivity index (χ1n) is 12.1. The van der Waals surface area contributed by atoms with Crippen LogP contribution in [0.4, 0.5) is 0 Å². The average Bonchev–Trinajstić information content (AvgIpc) is 3.70. The van der Waals surface area contributed by atoms with Crippen LogP contribution in [0.25, 0.3) is 12.2 Å². The highest BCUT2D eigenvalue weighted by molar-refractivity contribution is 7.89. The van der Waals surface area contributed by atoms with Gasteiger partial charge in [-0.1, -0.05) is 55.5 Å². The van der Waals surface area contributed by atoms with E-state index in [9.17, 15) is 18.3 Å². The molecular weight excluding hydrogens is 464 g/mol. The van der Waals surface area contributed by atoms with Gasteiger partial charge in [-0.15, -0.1) is 0 Å². The van der Waals surface area contributed by atoms with Crippen molar-refractivity contribution >= 4 is 28.1 Å². The maximum atomic E-state index is 13.6. The van der Waals surface area contributed by atoms with Crippen LogP contribution in [0.2, 0.25) is 0 Å². The number of hydrogen-bond donors (Lipinski definition) is 1. The van der Waals surface area contributed by atoms with E-state index in [1.807, 2.05) is 49.4 Å². The molecule has 1 fully saturated rings. The Bertz CT molecular complexity index is 1180. The van der Waals surface area contributed by atoms with Gasteiger partial charge in [-0.2, -0.15) is 4.31 Å². The molecule has 0 spiro atoms. The Kier molecular flexibility index (Phi) is 7.64. The van der Waals surface area contributed by atoms with Crippen molar-refractivity contribution in [3.05, 3.63) is 59.7 Å². The third kappa shape index (κ3) is 5.77. The molecule has 0 unspecified atom stereocenters. The summed E-state index contributed by atoms with van der Waals surface area (Å²) in [6, 6.07) is 14.3. The Hall–Kier alpha value is -2.68. The van der Waals surface area contributed by atoms with Crippen LogP contribution in [0, 0.1) is 11.8 Å². The number of sulfonamides is 1. The van der Waals surface area contributed by atoms with Crippen molar-refractivity contribution in [2.45, 2.75) is 43.7 Å². The van der Waals surface area contributed by atoms with Crippen LogP contribution < -0.4 is 4.74 Å². The third-order valence-electron chi connectivity index (χ3n) is 6.72. The molecule has 1 saturated carbocycles. The zero-order valence-electron chi connectivity index (χ0n) is 20.5. The minimum atomic E-state index is -3.90. The fraction of sp³-hybridized carbons (Fsp3) is 0.444. The number of rotatable bonds is 7. The number of amides is 1. The van der Waals surface area contributed by atoms with Gasteiger partial charge in [-0.25, -0.2) is 8.42 Å². The molecule has 0 saturated heterocycles. The molecule has 2 aliphatic rings. The van der Waals surface area contributed by atoms with Crippen molar-refractivity contribution < 1.29 is 23.1 Å². The maximum Gasteiger partial charge on any atom is 0.247 e. The molecule has 2 aromatic carbocycles. The second-order valence-electron chi connectivity index (χ2n) is 9.68. The minimum Gasteiger partial charge on any atom is -0.487 e. The van der Waals surface area contributed by atoms with E-state index in [-0.39, 0.29) is 41.5 Å². The van der Waals surface area contributed by atoms with Gasteiger partial charge in [-0.3, -0.25) is 4.79 Å². The number of ether oxygens (including phenoxy) is 1. The van der Waals surface area contributed by atoms with E-state index >= 15 is 0 Å². The predicted octanol–water partition coefficient (Wildman–Crippen LogP) is 3.49. The molecule has 188 valence electrons. The molecule has 1 aliphatic heterocycles. The van der Waals surface area contributed by atoms with Gasteiger partial charge < -0.3 is 14.7 Å². The highest BCUT2D eigenvalue weighted by Gasteiger charge is 2.39. The quantitative estimate of drug-likeness (QED) is 0.591. The third-order valence-corrected chi connectivity index (χ3v) is 8.74. The van der Waals surface area contributed by atoms with Crippen LogP contribution >= 0.6 is 0 Å². The fourth-order valence-corrected chi connectivity index (χ4v) is 6.15. The first-order valence-corrected chi connectivity index (χ1v) is 13.6. The van der Waals surface area contributed by atoms with Crippen molar-refractivity contribution in [3.8, 4) is 5.75 Å². The number of fused-ring (bicyclic) bond motifs is 1. The number of hydrogen-bond acceptors (Lipinski definition) is 5. The molecule has 1 aliphatic carbocycles. The topological polar surface area (TPSA) is 87.2 Å². The van der Waals surface area contributed by atoms with E-state index in [2.05, 4.69) is 0 Å². The predicted molar refractivity (Wildman–Crippen MR) is 136 cm³/mol. The number of carbonyl (C=O) groups is 1. The number of nitrogens with zero attached hydrogens (tertiary/aromatic N) is 2. The summed E-state index contributed by atoms with van der Waals surface area (Å²) < 4.78 is 34.9. The summed E-state index contributed by atoms with van der Waals surface area (Å²) in [5.41, 5.74) is 1.83. The summed E-state index contributed by atoms with van der Waals surface area (Å²) in [5, 5.41) is 9.79. The zero-order chi connectivity index (χ0) is 25.2.